The van der Waals surface area contributed by atoms with Crippen LogP contribution in [0.15, 0.2) is 65.5 Å². The first-order valence-electron chi connectivity index (χ1n) is 11.1. The molecule has 0 aliphatic carbocycles. The number of pyridine rings is 1. The molecule has 2 heterocycles. The number of hydrogen-bond acceptors (Lipinski definition) is 8. The van der Waals surface area contributed by atoms with Crippen molar-refractivity contribution in [2.45, 2.75) is 20.8 Å². The summed E-state index contributed by atoms with van der Waals surface area (Å²) < 4.78 is 11.5. The number of hydrogen-bond donors (Lipinski definition) is 1. The molecule has 0 saturated heterocycles. The van der Waals surface area contributed by atoms with Crippen LogP contribution in [0.25, 0.3) is 16.7 Å². The quantitative estimate of drug-likeness (QED) is 0.399. The van der Waals surface area contributed by atoms with Gasteiger partial charge in [-0.3, -0.25) is 9.36 Å². The monoisotopic (exact) mass is 472 g/mol. The Hall–Kier alpha value is -4.53. The zero-order valence-corrected chi connectivity index (χ0v) is 19.6. The van der Waals surface area contributed by atoms with Gasteiger partial charge in [0.1, 0.15) is 0 Å². The molecule has 0 aliphatic heterocycles. The summed E-state index contributed by atoms with van der Waals surface area (Å²) in [4.78, 5) is 45.8. The van der Waals surface area contributed by atoms with E-state index in [1.54, 1.807) is 68.4 Å². The molecule has 9 nitrogen and oxygen atoms in total. The molecule has 0 saturated carbocycles. The topological polar surface area (TPSA) is 112 Å². The van der Waals surface area contributed by atoms with E-state index in [2.05, 4.69) is 15.3 Å². The number of nitrogens with zero attached hydrogens (tertiary/aromatic N) is 3. The molecule has 178 valence electrons. The highest BCUT2D eigenvalue weighted by atomic mass is 16.5. The molecule has 9 heteroatoms. The Morgan fingerprint density at radius 2 is 1.40 bits per heavy atom. The number of esters is 2. The number of nitrogens with one attached hydrogen (secondary N) is 1. The third kappa shape index (κ3) is 5.03. The second-order valence-electron chi connectivity index (χ2n) is 7.57. The minimum absolute atomic E-state index is 0.274. The van der Waals surface area contributed by atoms with Crippen molar-refractivity contribution in [2.75, 3.05) is 18.5 Å². The molecule has 2 aromatic carbocycles. The molecular formula is C26H24N4O5. The summed E-state index contributed by atoms with van der Waals surface area (Å²) in [6.45, 7) is 5.90. The van der Waals surface area contributed by atoms with Crippen molar-refractivity contribution < 1.29 is 19.1 Å². The van der Waals surface area contributed by atoms with E-state index in [0.29, 0.717) is 51.8 Å². The summed E-state index contributed by atoms with van der Waals surface area (Å²) in [5, 5.41) is 3.83. The van der Waals surface area contributed by atoms with E-state index in [-0.39, 0.29) is 12.2 Å². The molecule has 0 fully saturated rings. The van der Waals surface area contributed by atoms with Crippen LogP contribution in [0.3, 0.4) is 0 Å². The van der Waals surface area contributed by atoms with Crippen molar-refractivity contribution in [3.63, 3.8) is 0 Å². The molecule has 4 rings (SSSR count). The summed E-state index contributed by atoms with van der Waals surface area (Å²) in [7, 11) is 0. The Labute approximate surface area is 201 Å². The number of aromatic nitrogens is 3. The van der Waals surface area contributed by atoms with Gasteiger partial charge >= 0.3 is 11.9 Å². The molecule has 4 aromatic rings. The minimum Gasteiger partial charge on any atom is -0.462 e. The highest BCUT2D eigenvalue weighted by Gasteiger charge is 2.14. The maximum absolute atomic E-state index is 12.8. The molecule has 2 aromatic heterocycles. The summed E-state index contributed by atoms with van der Waals surface area (Å²) in [6, 6.07) is 16.5. The van der Waals surface area contributed by atoms with Gasteiger partial charge in [0.2, 0.25) is 5.95 Å². The molecule has 0 aliphatic rings. The van der Waals surface area contributed by atoms with Crippen LogP contribution in [0.5, 0.6) is 0 Å². The largest absolute Gasteiger partial charge is 0.462 e. The van der Waals surface area contributed by atoms with Gasteiger partial charge in [0.05, 0.1) is 35.7 Å². The fourth-order valence-corrected chi connectivity index (χ4v) is 3.57. The van der Waals surface area contributed by atoms with Crippen LogP contribution in [-0.4, -0.2) is 39.7 Å². The van der Waals surface area contributed by atoms with Crippen molar-refractivity contribution in [2.24, 2.45) is 0 Å². The summed E-state index contributed by atoms with van der Waals surface area (Å²) in [6.07, 6.45) is 0. The van der Waals surface area contributed by atoms with Crippen molar-refractivity contribution in [1.82, 2.24) is 14.5 Å². The van der Waals surface area contributed by atoms with Crippen LogP contribution in [0.2, 0.25) is 0 Å². The van der Waals surface area contributed by atoms with Crippen molar-refractivity contribution in [3.8, 4) is 5.69 Å². The average molecular weight is 473 g/mol. The van der Waals surface area contributed by atoms with Crippen LogP contribution in [0, 0.1) is 6.92 Å². The van der Waals surface area contributed by atoms with Crippen LogP contribution >= 0.6 is 0 Å². The predicted molar refractivity (Wildman–Crippen MR) is 132 cm³/mol. The number of benzene rings is 2. The lowest BCUT2D eigenvalue weighted by Gasteiger charge is -2.13. The first-order valence-corrected chi connectivity index (χ1v) is 11.1. The van der Waals surface area contributed by atoms with Gasteiger partial charge in [0, 0.05) is 17.1 Å². The Morgan fingerprint density at radius 1 is 0.829 bits per heavy atom. The maximum atomic E-state index is 12.8. The Balaban J connectivity index is 1.71. The standard InChI is InChI=1S/C26H24N4O5/c1-4-34-24(32)17-6-10-19(11-7-17)28-26-27-16(3)21-14-15-22(31)30(23(21)29-26)20-12-8-18(9-13-20)25(33)35-5-2/h6-15H,4-5H2,1-3H3,(H,27,28,29). The fraction of sp³-hybridized carbons (Fsp3) is 0.192. The number of rotatable bonds is 7. The average Bonchev–Trinajstić information content (AvgIpc) is 2.85. The first kappa shape index (κ1) is 23.6. The maximum Gasteiger partial charge on any atom is 0.338 e. The van der Waals surface area contributed by atoms with Gasteiger partial charge in [0.15, 0.2) is 5.65 Å². The SMILES string of the molecule is CCOC(=O)c1ccc(Nc2nc(C)c3ccc(=O)n(-c4ccc(C(=O)OCC)cc4)c3n2)cc1. The molecular weight excluding hydrogens is 448 g/mol. The van der Waals surface area contributed by atoms with Crippen LogP contribution in [-0.2, 0) is 9.47 Å². The van der Waals surface area contributed by atoms with E-state index in [9.17, 15) is 14.4 Å². The van der Waals surface area contributed by atoms with E-state index in [0.717, 1.165) is 0 Å². The first-order chi connectivity index (χ1) is 16.9. The van der Waals surface area contributed by atoms with Gasteiger partial charge in [-0.1, -0.05) is 0 Å². The van der Waals surface area contributed by atoms with Gasteiger partial charge in [-0.25, -0.2) is 14.6 Å². The van der Waals surface area contributed by atoms with Crippen molar-refractivity contribution >= 4 is 34.6 Å². The highest BCUT2D eigenvalue weighted by molar-refractivity contribution is 5.90. The number of ether oxygens (including phenoxy) is 2. The van der Waals surface area contributed by atoms with E-state index in [4.69, 9.17) is 9.47 Å². The Bertz CT molecular complexity index is 1440. The number of carbonyl (C=O) groups excluding carboxylic acids is 2. The van der Waals surface area contributed by atoms with Crippen LogP contribution < -0.4 is 10.9 Å². The molecule has 0 bridgehead atoms. The second kappa shape index (κ2) is 10.2. The van der Waals surface area contributed by atoms with Crippen molar-refractivity contribution in [3.05, 3.63) is 87.8 Å². The molecule has 0 spiro atoms. The lowest BCUT2D eigenvalue weighted by Crippen LogP contribution is -2.19. The highest BCUT2D eigenvalue weighted by Crippen LogP contribution is 2.22. The smallest absolute Gasteiger partial charge is 0.338 e. The van der Waals surface area contributed by atoms with Gasteiger partial charge in [0.25, 0.3) is 5.56 Å². The molecule has 0 radical (unpaired) electrons. The lowest BCUT2D eigenvalue weighted by molar-refractivity contribution is 0.0517. The van der Waals surface area contributed by atoms with E-state index < -0.39 is 11.9 Å². The van der Waals surface area contributed by atoms with E-state index in [1.165, 1.54) is 10.6 Å². The number of carbonyl (C=O) groups is 2. The van der Waals surface area contributed by atoms with E-state index >= 15 is 0 Å². The number of fused-ring (bicyclic) bond motifs is 1. The fourth-order valence-electron chi connectivity index (χ4n) is 3.57. The molecule has 0 unspecified atom stereocenters. The normalized spacial score (nSPS) is 10.7. The molecule has 0 atom stereocenters. The van der Waals surface area contributed by atoms with Gasteiger partial charge in [-0.2, -0.15) is 4.98 Å². The van der Waals surface area contributed by atoms with Crippen molar-refractivity contribution in [1.29, 1.82) is 0 Å². The van der Waals surface area contributed by atoms with Crippen LogP contribution in [0.4, 0.5) is 11.6 Å². The van der Waals surface area contributed by atoms with E-state index in [1.807, 2.05) is 6.92 Å². The van der Waals surface area contributed by atoms with Gasteiger partial charge < -0.3 is 14.8 Å². The zero-order valence-electron chi connectivity index (χ0n) is 19.6. The Morgan fingerprint density at radius 3 is 1.97 bits per heavy atom. The minimum atomic E-state index is -0.428. The lowest BCUT2D eigenvalue weighted by atomic mass is 10.2. The predicted octanol–water partition coefficient (Wildman–Crippen LogP) is 4.19. The molecule has 35 heavy (non-hydrogen) atoms. The van der Waals surface area contributed by atoms with Crippen LogP contribution in [0.1, 0.15) is 40.3 Å². The third-order valence-electron chi connectivity index (χ3n) is 5.23. The van der Waals surface area contributed by atoms with Gasteiger partial charge in [-0.15, -0.1) is 0 Å². The summed E-state index contributed by atoms with van der Waals surface area (Å²) >= 11 is 0. The number of anilines is 2. The van der Waals surface area contributed by atoms with Gasteiger partial charge in [-0.05, 0) is 75.4 Å². The summed E-state index contributed by atoms with van der Waals surface area (Å²) in [5.74, 6) is -0.529. The third-order valence-corrected chi connectivity index (χ3v) is 5.23. The zero-order chi connectivity index (χ0) is 24.9. The summed E-state index contributed by atoms with van der Waals surface area (Å²) in [5.41, 5.74) is 2.87. The Kier molecular flexibility index (Phi) is 6.86. The number of aryl methyl sites for hydroxylation is 1. The molecule has 0 amide bonds. The second-order valence-corrected chi connectivity index (χ2v) is 7.57. The molecule has 1 N–H and O–H groups in total.